The molecular formula is C13H22N2O. The van der Waals surface area contributed by atoms with E-state index in [0.717, 1.165) is 12.1 Å². The molecule has 1 aliphatic heterocycles. The maximum Gasteiger partial charge on any atom is 0.0858 e. The third-order valence-corrected chi connectivity index (χ3v) is 3.37. The predicted molar refractivity (Wildman–Crippen MR) is 64.6 cm³/mol. The highest BCUT2D eigenvalue weighted by Gasteiger charge is 2.47. The van der Waals surface area contributed by atoms with Crippen molar-refractivity contribution in [2.75, 3.05) is 0 Å². The maximum atomic E-state index is 6.11. The molecule has 16 heavy (non-hydrogen) atoms. The standard InChI is InChI=1S/C13H22N2O/c1-9-7-10(2)15(14-9)11-8-12(3,4)16-13(11,5)6/h7,11H,8H2,1-6H3. The minimum atomic E-state index is -0.146. The number of nitrogens with zero attached hydrogens (tertiary/aromatic N) is 2. The van der Waals surface area contributed by atoms with Crippen LogP contribution in [-0.2, 0) is 4.74 Å². The van der Waals surface area contributed by atoms with Gasteiger partial charge in [0.25, 0.3) is 0 Å². The van der Waals surface area contributed by atoms with E-state index in [1.54, 1.807) is 0 Å². The van der Waals surface area contributed by atoms with Gasteiger partial charge in [0, 0.05) is 12.1 Å². The molecule has 2 rings (SSSR count). The number of hydrogen-bond donors (Lipinski definition) is 0. The van der Waals surface area contributed by atoms with Crippen LogP contribution in [0.1, 0.15) is 51.5 Å². The highest BCUT2D eigenvalue weighted by molar-refractivity contribution is 5.10. The topological polar surface area (TPSA) is 27.1 Å². The molecule has 2 heterocycles. The van der Waals surface area contributed by atoms with Crippen molar-refractivity contribution in [3.05, 3.63) is 17.5 Å². The van der Waals surface area contributed by atoms with Crippen LogP contribution in [0.4, 0.5) is 0 Å². The van der Waals surface area contributed by atoms with Crippen LogP contribution in [0.3, 0.4) is 0 Å². The minimum absolute atomic E-state index is 0.0551. The van der Waals surface area contributed by atoms with Gasteiger partial charge in [0.1, 0.15) is 0 Å². The fourth-order valence-corrected chi connectivity index (χ4v) is 2.88. The Morgan fingerprint density at radius 2 is 1.94 bits per heavy atom. The molecule has 1 unspecified atom stereocenters. The summed E-state index contributed by atoms with van der Waals surface area (Å²) < 4.78 is 8.24. The van der Waals surface area contributed by atoms with Gasteiger partial charge in [0.05, 0.1) is 22.9 Å². The summed E-state index contributed by atoms with van der Waals surface area (Å²) in [6.07, 6.45) is 1.02. The van der Waals surface area contributed by atoms with Gasteiger partial charge in [-0.3, -0.25) is 4.68 Å². The van der Waals surface area contributed by atoms with Crippen LogP contribution in [0.25, 0.3) is 0 Å². The summed E-state index contributed by atoms with van der Waals surface area (Å²) >= 11 is 0. The third-order valence-electron chi connectivity index (χ3n) is 3.37. The van der Waals surface area contributed by atoms with Gasteiger partial charge in [-0.25, -0.2) is 0 Å². The van der Waals surface area contributed by atoms with Crippen molar-refractivity contribution < 1.29 is 4.74 Å². The van der Waals surface area contributed by atoms with E-state index in [2.05, 4.69) is 50.5 Å². The molecule has 1 fully saturated rings. The van der Waals surface area contributed by atoms with Gasteiger partial charge in [0.2, 0.25) is 0 Å². The van der Waals surface area contributed by atoms with E-state index >= 15 is 0 Å². The first-order valence-electron chi connectivity index (χ1n) is 5.94. The number of aromatic nitrogens is 2. The van der Waals surface area contributed by atoms with Crippen LogP contribution in [0.5, 0.6) is 0 Å². The predicted octanol–water partition coefficient (Wildman–Crippen LogP) is 3.02. The van der Waals surface area contributed by atoms with E-state index < -0.39 is 0 Å². The summed E-state index contributed by atoms with van der Waals surface area (Å²) in [5.41, 5.74) is 2.10. The Kier molecular flexibility index (Phi) is 2.42. The first-order chi connectivity index (χ1) is 7.21. The van der Waals surface area contributed by atoms with Crippen molar-refractivity contribution in [2.45, 2.75) is 65.2 Å². The average Bonchev–Trinajstić information content (AvgIpc) is 2.48. The molecule has 1 aromatic rings. The number of ether oxygens (including phenoxy) is 1. The Labute approximate surface area is 97.8 Å². The normalized spacial score (nSPS) is 27.2. The molecule has 1 aliphatic rings. The zero-order valence-electron chi connectivity index (χ0n) is 11.2. The second-order valence-corrected chi connectivity index (χ2v) is 6.06. The highest BCUT2D eigenvalue weighted by atomic mass is 16.5. The van der Waals surface area contributed by atoms with Crippen LogP contribution in [-0.4, -0.2) is 21.0 Å². The lowest BCUT2D eigenvalue weighted by atomic mass is 9.94. The van der Waals surface area contributed by atoms with Gasteiger partial charge in [0.15, 0.2) is 0 Å². The van der Waals surface area contributed by atoms with Crippen molar-refractivity contribution in [1.29, 1.82) is 0 Å². The van der Waals surface area contributed by atoms with Crippen molar-refractivity contribution in [3.63, 3.8) is 0 Å². The summed E-state index contributed by atoms with van der Waals surface area (Å²) in [7, 11) is 0. The lowest BCUT2D eigenvalue weighted by Crippen LogP contribution is -2.32. The monoisotopic (exact) mass is 222 g/mol. The van der Waals surface area contributed by atoms with E-state index in [1.165, 1.54) is 5.69 Å². The molecule has 0 amide bonds. The fourth-order valence-electron chi connectivity index (χ4n) is 2.88. The third kappa shape index (κ3) is 1.88. The van der Waals surface area contributed by atoms with E-state index in [-0.39, 0.29) is 11.2 Å². The Bertz CT molecular complexity index is 404. The summed E-state index contributed by atoms with van der Waals surface area (Å²) in [5, 5.41) is 4.59. The Morgan fingerprint density at radius 1 is 1.31 bits per heavy atom. The second kappa shape index (κ2) is 3.33. The van der Waals surface area contributed by atoms with Gasteiger partial charge in [-0.15, -0.1) is 0 Å². The molecule has 1 aromatic heterocycles. The van der Waals surface area contributed by atoms with Crippen molar-refractivity contribution >= 4 is 0 Å². The van der Waals surface area contributed by atoms with Gasteiger partial charge < -0.3 is 4.74 Å². The molecule has 90 valence electrons. The van der Waals surface area contributed by atoms with E-state index in [0.29, 0.717) is 6.04 Å². The zero-order valence-corrected chi connectivity index (χ0v) is 11.2. The molecule has 0 aromatic carbocycles. The summed E-state index contributed by atoms with van der Waals surface area (Å²) in [4.78, 5) is 0. The van der Waals surface area contributed by atoms with E-state index in [1.807, 2.05) is 6.92 Å². The molecule has 0 saturated carbocycles. The first-order valence-corrected chi connectivity index (χ1v) is 5.94. The fraction of sp³-hybridized carbons (Fsp3) is 0.769. The van der Waals surface area contributed by atoms with E-state index in [9.17, 15) is 0 Å². The summed E-state index contributed by atoms with van der Waals surface area (Å²) in [5.74, 6) is 0. The number of hydrogen-bond acceptors (Lipinski definition) is 2. The average molecular weight is 222 g/mol. The minimum Gasteiger partial charge on any atom is -0.367 e. The number of aryl methyl sites for hydroxylation is 2. The quantitative estimate of drug-likeness (QED) is 0.730. The lowest BCUT2D eigenvalue weighted by molar-refractivity contribution is -0.0739. The van der Waals surface area contributed by atoms with Crippen molar-refractivity contribution in [3.8, 4) is 0 Å². The molecule has 0 N–H and O–H groups in total. The largest absolute Gasteiger partial charge is 0.367 e. The van der Waals surface area contributed by atoms with Gasteiger partial charge in [-0.2, -0.15) is 5.10 Å². The number of rotatable bonds is 1. The Morgan fingerprint density at radius 3 is 2.31 bits per heavy atom. The van der Waals surface area contributed by atoms with Gasteiger partial charge >= 0.3 is 0 Å². The molecule has 0 aliphatic carbocycles. The van der Waals surface area contributed by atoms with Gasteiger partial charge in [-0.1, -0.05) is 0 Å². The first kappa shape index (κ1) is 11.6. The lowest BCUT2D eigenvalue weighted by Gasteiger charge is -2.28. The summed E-state index contributed by atoms with van der Waals surface area (Å²) in [6.45, 7) is 12.8. The van der Waals surface area contributed by atoms with Gasteiger partial charge in [-0.05, 0) is 47.6 Å². The summed E-state index contributed by atoms with van der Waals surface area (Å²) in [6, 6.07) is 2.46. The molecule has 0 bridgehead atoms. The smallest absolute Gasteiger partial charge is 0.0858 e. The van der Waals surface area contributed by atoms with Crippen LogP contribution < -0.4 is 0 Å². The van der Waals surface area contributed by atoms with Crippen molar-refractivity contribution in [2.24, 2.45) is 0 Å². The molecule has 1 atom stereocenters. The SMILES string of the molecule is Cc1cc(C)n(C2CC(C)(C)OC2(C)C)n1. The van der Waals surface area contributed by atoms with Crippen LogP contribution >= 0.6 is 0 Å². The van der Waals surface area contributed by atoms with Crippen molar-refractivity contribution in [1.82, 2.24) is 9.78 Å². The molecule has 3 nitrogen and oxygen atoms in total. The Hall–Kier alpha value is -0.830. The van der Waals surface area contributed by atoms with Crippen LogP contribution in [0.2, 0.25) is 0 Å². The molecule has 0 radical (unpaired) electrons. The van der Waals surface area contributed by atoms with Crippen LogP contribution in [0.15, 0.2) is 6.07 Å². The maximum absolute atomic E-state index is 6.11. The molecule has 1 saturated heterocycles. The molecule has 3 heteroatoms. The molecule has 0 spiro atoms. The Balaban J connectivity index is 2.38. The van der Waals surface area contributed by atoms with E-state index in [4.69, 9.17) is 4.74 Å². The van der Waals surface area contributed by atoms with Crippen LogP contribution in [0, 0.1) is 13.8 Å². The zero-order chi connectivity index (χ0) is 12.1. The molecular weight excluding hydrogens is 200 g/mol. The second-order valence-electron chi connectivity index (χ2n) is 6.06. The highest BCUT2D eigenvalue weighted by Crippen LogP contribution is 2.44.